The van der Waals surface area contributed by atoms with Crippen molar-refractivity contribution in [1.29, 1.82) is 0 Å². The number of hydrogen-bond acceptors (Lipinski definition) is 4. The molecular formula is C13H11F2NO2S. The number of esters is 1. The minimum absolute atomic E-state index is 0.0874. The van der Waals surface area contributed by atoms with Crippen molar-refractivity contribution in [3.8, 4) is 10.4 Å². The summed E-state index contributed by atoms with van der Waals surface area (Å²) in [6.45, 7) is 1.65. The Morgan fingerprint density at radius 1 is 1.37 bits per heavy atom. The van der Waals surface area contributed by atoms with Crippen molar-refractivity contribution in [3.05, 3.63) is 40.3 Å². The first-order valence-corrected chi connectivity index (χ1v) is 6.20. The number of ether oxygens (including phenoxy) is 1. The second-order valence-electron chi connectivity index (χ2n) is 3.91. The zero-order chi connectivity index (χ0) is 14.2. The van der Waals surface area contributed by atoms with E-state index in [2.05, 4.69) is 4.74 Å². The normalized spacial score (nSPS) is 10.5. The van der Waals surface area contributed by atoms with E-state index in [-0.39, 0.29) is 16.1 Å². The Bertz CT molecular complexity index is 652. The predicted molar refractivity (Wildman–Crippen MR) is 70.2 cm³/mol. The first kappa shape index (κ1) is 13.5. The number of benzene rings is 1. The third kappa shape index (κ3) is 2.31. The summed E-state index contributed by atoms with van der Waals surface area (Å²) in [6.07, 6.45) is 0. The Labute approximate surface area is 112 Å². The van der Waals surface area contributed by atoms with Crippen LogP contribution in [0.5, 0.6) is 0 Å². The van der Waals surface area contributed by atoms with Crippen LogP contribution in [0.25, 0.3) is 10.4 Å². The Kier molecular flexibility index (Phi) is 3.53. The number of rotatable bonds is 2. The summed E-state index contributed by atoms with van der Waals surface area (Å²) in [5.41, 5.74) is 6.66. The number of halogens is 2. The minimum atomic E-state index is -0.589. The summed E-state index contributed by atoms with van der Waals surface area (Å²) in [4.78, 5) is 12.1. The van der Waals surface area contributed by atoms with E-state index < -0.39 is 17.6 Å². The van der Waals surface area contributed by atoms with Crippen LogP contribution in [0.15, 0.2) is 18.2 Å². The summed E-state index contributed by atoms with van der Waals surface area (Å²) in [5, 5.41) is 0. The monoisotopic (exact) mass is 283 g/mol. The molecule has 0 atom stereocenters. The first-order chi connectivity index (χ1) is 8.95. The van der Waals surface area contributed by atoms with E-state index in [1.807, 2.05) is 0 Å². The van der Waals surface area contributed by atoms with Gasteiger partial charge >= 0.3 is 5.97 Å². The van der Waals surface area contributed by atoms with Gasteiger partial charge in [0.15, 0.2) is 0 Å². The van der Waals surface area contributed by atoms with E-state index in [0.29, 0.717) is 10.4 Å². The van der Waals surface area contributed by atoms with E-state index in [4.69, 9.17) is 5.73 Å². The maximum atomic E-state index is 13.7. The number of nitrogen functional groups attached to an aromatic ring is 1. The second kappa shape index (κ2) is 4.97. The number of hydrogen-bond donors (Lipinski definition) is 1. The van der Waals surface area contributed by atoms with Gasteiger partial charge in [-0.1, -0.05) is 0 Å². The van der Waals surface area contributed by atoms with Gasteiger partial charge in [0, 0.05) is 10.4 Å². The lowest BCUT2D eigenvalue weighted by molar-refractivity contribution is 0.0607. The number of carbonyl (C=O) groups is 1. The van der Waals surface area contributed by atoms with Crippen LogP contribution in [0.1, 0.15) is 15.2 Å². The molecule has 2 N–H and O–H groups in total. The summed E-state index contributed by atoms with van der Waals surface area (Å²) >= 11 is 0.989. The number of carbonyl (C=O) groups excluding carboxylic acids is 1. The van der Waals surface area contributed by atoms with Crippen molar-refractivity contribution >= 4 is 23.0 Å². The van der Waals surface area contributed by atoms with Gasteiger partial charge in [-0.05, 0) is 30.7 Å². The van der Waals surface area contributed by atoms with Crippen LogP contribution in [0, 0.1) is 18.6 Å². The topological polar surface area (TPSA) is 52.3 Å². The van der Waals surface area contributed by atoms with Gasteiger partial charge in [0.25, 0.3) is 0 Å². The molecule has 0 radical (unpaired) electrons. The fraction of sp³-hybridized carbons (Fsp3) is 0.154. The number of nitrogens with two attached hydrogens (primary N) is 1. The predicted octanol–water partition coefficient (Wildman–Crippen LogP) is 3.37. The second-order valence-corrected chi connectivity index (χ2v) is 4.94. The van der Waals surface area contributed by atoms with E-state index in [1.165, 1.54) is 7.11 Å². The molecule has 0 saturated carbocycles. The van der Waals surface area contributed by atoms with Gasteiger partial charge < -0.3 is 10.5 Å². The third-order valence-electron chi connectivity index (χ3n) is 2.74. The highest BCUT2D eigenvalue weighted by molar-refractivity contribution is 7.18. The van der Waals surface area contributed by atoms with Crippen molar-refractivity contribution in [3.63, 3.8) is 0 Å². The van der Waals surface area contributed by atoms with E-state index in [0.717, 1.165) is 29.5 Å². The Hall–Kier alpha value is -1.95. The van der Waals surface area contributed by atoms with Gasteiger partial charge in [0.1, 0.15) is 16.5 Å². The SMILES string of the molecule is COC(=O)c1sc(-c2cc(F)ccc2F)c(C)c1N. The Morgan fingerprint density at radius 2 is 2.05 bits per heavy atom. The molecule has 100 valence electrons. The molecule has 3 nitrogen and oxygen atoms in total. The molecule has 0 aliphatic carbocycles. The fourth-order valence-electron chi connectivity index (χ4n) is 1.70. The molecular weight excluding hydrogens is 272 g/mol. The minimum Gasteiger partial charge on any atom is -0.465 e. The zero-order valence-corrected chi connectivity index (χ0v) is 11.1. The molecule has 0 saturated heterocycles. The maximum Gasteiger partial charge on any atom is 0.350 e. The zero-order valence-electron chi connectivity index (χ0n) is 10.3. The summed E-state index contributed by atoms with van der Waals surface area (Å²) in [5.74, 6) is -1.71. The molecule has 0 unspecified atom stereocenters. The van der Waals surface area contributed by atoms with Crippen LogP contribution in [0.4, 0.5) is 14.5 Å². The van der Waals surface area contributed by atoms with Gasteiger partial charge in [0.2, 0.25) is 0 Å². The quantitative estimate of drug-likeness (QED) is 0.860. The van der Waals surface area contributed by atoms with Gasteiger partial charge in [-0.3, -0.25) is 0 Å². The lowest BCUT2D eigenvalue weighted by atomic mass is 10.1. The highest BCUT2D eigenvalue weighted by Gasteiger charge is 2.21. The molecule has 2 rings (SSSR count). The summed E-state index contributed by atoms with van der Waals surface area (Å²) < 4.78 is 31.6. The van der Waals surface area contributed by atoms with Gasteiger partial charge in [-0.15, -0.1) is 11.3 Å². The highest BCUT2D eigenvalue weighted by Crippen LogP contribution is 2.39. The fourth-order valence-corrected chi connectivity index (χ4v) is 2.86. The standard InChI is InChI=1S/C13H11F2NO2S/c1-6-10(16)12(13(17)18-2)19-11(6)8-5-7(14)3-4-9(8)15/h3-5H,16H2,1-2H3. The summed E-state index contributed by atoms with van der Waals surface area (Å²) in [7, 11) is 1.24. The largest absolute Gasteiger partial charge is 0.465 e. The van der Waals surface area contributed by atoms with Gasteiger partial charge in [-0.25, -0.2) is 13.6 Å². The summed E-state index contributed by atoms with van der Waals surface area (Å²) in [6, 6.07) is 3.15. The van der Waals surface area contributed by atoms with Crippen molar-refractivity contribution in [2.75, 3.05) is 12.8 Å². The van der Waals surface area contributed by atoms with E-state index in [1.54, 1.807) is 6.92 Å². The molecule has 2 aromatic rings. The molecule has 1 aromatic heterocycles. The molecule has 0 bridgehead atoms. The van der Waals surface area contributed by atoms with Crippen LogP contribution in [-0.4, -0.2) is 13.1 Å². The molecule has 0 spiro atoms. The van der Waals surface area contributed by atoms with Gasteiger partial charge in [-0.2, -0.15) is 0 Å². The van der Waals surface area contributed by atoms with Crippen LogP contribution >= 0.6 is 11.3 Å². The Balaban J connectivity index is 2.63. The van der Waals surface area contributed by atoms with Crippen LogP contribution in [-0.2, 0) is 4.74 Å². The van der Waals surface area contributed by atoms with Crippen molar-refractivity contribution in [2.45, 2.75) is 6.92 Å². The smallest absolute Gasteiger partial charge is 0.350 e. The lowest BCUT2D eigenvalue weighted by Gasteiger charge is -2.02. The molecule has 0 aliphatic rings. The molecule has 1 aromatic carbocycles. The van der Waals surface area contributed by atoms with Gasteiger partial charge in [0.05, 0.1) is 12.8 Å². The number of anilines is 1. The first-order valence-electron chi connectivity index (χ1n) is 5.38. The van der Waals surface area contributed by atoms with Crippen LogP contribution < -0.4 is 5.73 Å². The average Bonchev–Trinajstić information content (AvgIpc) is 2.69. The van der Waals surface area contributed by atoms with Crippen molar-refractivity contribution < 1.29 is 18.3 Å². The van der Waals surface area contributed by atoms with Crippen molar-refractivity contribution in [1.82, 2.24) is 0 Å². The average molecular weight is 283 g/mol. The maximum absolute atomic E-state index is 13.7. The lowest BCUT2D eigenvalue weighted by Crippen LogP contribution is -2.01. The van der Waals surface area contributed by atoms with Crippen LogP contribution in [0.2, 0.25) is 0 Å². The highest BCUT2D eigenvalue weighted by atomic mass is 32.1. The molecule has 1 heterocycles. The number of thiophene rings is 1. The van der Waals surface area contributed by atoms with E-state index >= 15 is 0 Å². The molecule has 0 fully saturated rings. The number of methoxy groups -OCH3 is 1. The molecule has 6 heteroatoms. The van der Waals surface area contributed by atoms with Crippen LogP contribution in [0.3, 0.4) is 0 Å². The third-order valence-corrected chi connectivity index (χ3v) is 4.06. The molecule has 19 heavy (non-hydrogen) atoms. The Morgan fingerprint density at radius 3 is 2.68 bits per heavy atom. The van der Waals surface area contributed by atoms with Crippen molar-refractivity contribution in [2.24, 2.45) is 0 Å². The van der Waals surface area contributed by atoms with E-state index in [9.17, 15) is 13.6 Å². The molecule has 0 amide bonds. The molecule has 0 aliphatic heterocycles.